The number of hydrogen-bond acceptors (Lipinski definition) is 4. The van der Waals surface area contributed by atoms with Crippen LogP contribution in [0.3, 0.4) is 0 Å². The average molecular weight is 494 g/mol. The first-order valence-corrected chi connectivity index (χ1v) is 11.4. The van der Waals surface area contributed by atoms with E-state index < -0.39 is 6.04 Å². The fraction of sp³-hybridized carbons (Fsp3) is 0.240. The zero-order valence-corrected chi connectivity index (χ0v) is 19.6. The molecule has 164 valence electrons. The smallest absolute Gasteiger partial charge is 0.290 e. The van der Waals surface area contributed by atoms with Crippen LogP contribution in [0.1, 0.15) is 49.1 Å². The predicted molar refractivity (Wildman–Crippen MR) is 128 cm³/mol. The molecule has 0 radical (unpaired) electrons. The van der Waals surface area contributed by atoms with Crippen LogP contribution in [-0.4, -0.2) is 26.9 Å². The van der Waals surface area contributed by atoms with Crippen LogP contribution in [0.25, 0.3) is 16.6 Å². The quantitative estimate of drug-likeness (QED) is 0.328. The van der Waals surface area contributed by atoms with E-state index in [9.17, 15) is 9.59 Å². The molecule has 1 amide bonds. The van der Waals surface area contributed by atoms with Gasteiger partial charge in [0, 0.05) is 11.0 Å². The van der Waals surface area contributed by atoms with Crippen molar-refractivity contribution in [3.63, 3.8) is 0 Å². The molecule has 2 aromatic heterocycles. The Balaban J connectivity index is 1.90. The van der Waals surface area contributed by atoms with E-state index in [0.29, 0.717) is 29.0 Å². The van der Waals surface area contributed by atoms with Gasteiger partial charge in [0.05, 0.1) is 28.9 Å². The Hall–Kier alpha value is -3.19. The summed E-state index contributed by atoms with van der Waals surface area (Å²) in [5.74, 6) is 0.555. The van der Waals surface area contributed by atoms with Crippen LogP contribution in [0.2, 0.25) is 0 Å². The number of benzene rings is 2. The van der Waals surface area contributed by atoms with Crippen LogP contribution in [-0.2, 0) is 0 Å². The molecule has 0 bridgehead atoms. The van der Waals surface area contributed by atoms with Crippen molar-refractivity contribution in [2.75, 3.05) is 6.54 Å². The average Bonchev–Trinajstić information content (AvgIpc) is 3.35. The van der Waals surface area contributed by atoms with Crippen LogP contribution in [0, 0.1) is 0 Å². The third kappa shape index (κ3) is 4.25. The van der Waals surface area contributed by atoms with Crippen LogP contribution in [0.15, 0.2) is 80.6 Å². The van der Waals surface area contributed by atoms with Crippen molar-refractivity contribution >= 4 is 32.7 Å². The molecule has 4 aromatic rings. The van der Waals surface area contributed by atoms with Crippen molar-refractivity contribution in [2.24, 2.45) is 0 Å². The summed E-state index contributed by atoms with van der Waals surface area (Å²) >= 11 is 3.45. The Morgan fingerprint density at radius 3 is 2.56 bits per heavy atom. The number of rotatable bonds is 7. The molecule has 0 saturated carbocycles. The fourth-order valence-electron chi connectivity index (χ4n) is 3.75. The lowest BCUT2D eigenvalue weighted by molar-refractivity contribution is 0.0645. The molecule has 4 rings (SSSR count). The maximum atomic E-state index is 13.6. The molecule has 1 unspecified atom stereocenters. The molecular weight excluding hydrogens is 470 g/mol. The highest BCUT2D eigenvalue weighted by atomic mass is 79.9. The van der Waals surface area contributed by atoms with Crippen molar-refractivity contribution in [1.29, 1.82) is 0 Å². The summed E-state index contributed by atoms with van der Waals surface area (Å²) in [4.78, 5) is 33.4. The molecule has 0 aliphatic rings. The first kappa shape index (κ1) is 22.0. The van der Waals surface area contributed by atoms with Gasteiger partial charge in [-0.25, -0.2) is 4.98 Å². The molecule has 0 N–H and O–H groups in total. The van der Waals surface area contributed by atoms with Gasteiger partial charge >= 0.3 is 0 Å². The van der Waals surface area contributed by atoms with E-state index in [1.807, 2.05) is 49.4 Å². The van der Waals surface area contributed by atoms with Crippen LogP contribution in [0.5, 0.6) is 0 Å². The number of carbonyl (C=O) groups is 1. The number of amides is 1. The van der Waals surface area contributed by atoms with Crippen LogP contribution in [0.4, 0.5) is 0 Å². The Bertz CT molecular complexity index is 1280. The highest BCUT2D eigenvalue weighted by molar-refractivity contribution is 9.10. The summed E-state index contributed by atoms with van der Waals surface area (Å²) in [6.45, 7) is 4.51. The zero-order chi connectivity index (χ0) is 22.7. The lowest BCUT2D eigenvalue weighted by atomic mass is 10.1. The van der Waals surface area contributed by atoms with Crippen LogP contribution >= 0.6 is 15.9 Å². The van der Waals surface area contributed by atoms with E-state index in [0.717, 1.165) is 17.3 Å². The second kappa shape index (κ2) is 9.53. The largest absolute Gasteiger partial charge is 0.459 e. The SMILES string of the molecule is CCCCN(C(=O)c1ccco1)C(C)c1nc2ccccc2c(=O)n1-c1ccc(Br)cc1. The second-order valence-electron chi connectivity index (χ2n) is 7.61. The van der Waals surface area contributed by atoms with E-state index in [2.05, 4.69) is 22.9 Å². The van der Waals surface area contributed by atoms with Crippen molar-refractivity contribution in [3.05, 3.63) is 93.3 Å². The maximum absolute atomic E-state index is 13.6. The number of fused-ring (bicyclic) bond motifs is 1. The van der Waals surface area contributed by atoms with Gasteiger partial charge in [-0.05, 0) is 61.9 Å². The summed E-state index contributed by atoms with van der Waals surface area (Å²) in [6, 6.07) is 17.7. The summed E-state index contributed by atoms with van der Waals surface area (Å²) in [7, 11) is 0. The molecule has 2 heterocycles. The van der Waals surface area contributed by atoms with E-state index >= 15 is 0 Å². The van der Waals surface area contributed by atoms with Gasteiger partial charge in [0.15, 0.2) is 5.76 Å². The van der Waals surface area contributed by atoms with Crippen molar-refractivity contribution in [1.82, 2.24) is 14.5 Å². The molecule has 0 aliphatic carbocycles. The number of carbonyl (C=O) groups excluding carboxylic acids is 1. The van der Waals surface area contributed by atoms with Crippen molar-refractivity contribution in [3.8, 4) is 5.69 Å². The first-order chi connectivity index (χ1) is 15.5. The van der Waals surface area contributed by atoms with E-state index in [1.165, 1.54) is 6.26 Å². The molecule has 0 saturated heterocycles. The molecule has 32 heavy (non-hydrogen) atoms. The second-order valence-corrected chi connectivity index (χ2v) is 8.53. The van der Waals surface area contributed by atoms with Gasteiger partial charge < -0.3 is 9.32 Å². The van der Waals surface area contributed by atoms with Crippen molar-refractivity contribution < 1.29 is 9.21 Å². The molecule has 7 heteroatoms. The molecule has 0 fully saturated rings. The Morgan fingerprint density at radius 2 is 1.88 bits per heavy atom. The third-order valence-electron chi connectivity index (χ3n) is 5.47. The summed E-state index contributed by atoms with van der Waals surface area (Å²) in [5, 5.41) is 0.531. The zero-order valence-electron chi connectivity index (χ0n) is 18.0. The highest BCUT2D eigenvalue weighted by Crippen LogP contribution is 2.25. The van der Waals surface area contributed by atoms with Gasteiger partial charge in [0.1, 0.15) is 5.82 Å². The van der Waals surface area contributed by atoms with E-state index in [-0.39, 0.29) is 17.2 Å². The Morgan fingerprint density at radius 1 is 1.12 bits per heavy atom. The molecule has 0 aliphatic heterocycles. The first-order valence-electron chi connectivity index (χ1n) is 10.6. The lowest BCUT2D eigenvalue weighted by Gasteiger charge is -2.30. The summed E-state index contributed by atoms with van der Waals surface area (Å²) in [6.07, 6.45) is 3.24. The number of aromatic nitrogens is 2. The minimum absolute atomic E-state index is 0.166. The van der Waals surface area contributed by atoms with Crippen molar-refractivity contribution in [2.45, 2.75) is 32.7 Å². The van der Waals surface area contributed by atoms with Gasteiger partial charge in [0.2, 0.25) is 0 Å². The number of furan rings is 1. The van der Waals surface area contributed by atoms with Gasteiger partial charge in [0.25, 0.3) is 11.5 Å². The van der Waals surface area contributed by atoms with Gasteiger partial charge in [-0.3, -0.25) is 14.2 Å². The third-order valence-corrected chi connectivity index (χ3v) is 6.00. The van der Waals surface area contributed by atoms with Gasteiger partial charge in [-0.15, -0.1) is 0 Å². The molecule has 1 atom stereocenters. The Kier molecular flexibility index (Phi) is 6.55. The fourth-order valence-corrected chi connectivity index (χ4v) is 4.01. The normalized spacial score (nSPS) is 12.1. The van der Waals surface area contributed by atoms with Crippen LogP contribution < -0.4 is 5.56 Å². The van der Waals surface area contributed by atoms with E-state index in [4.69, 9.17) is 9.40 Å². The number of nitrogens with zero attached hydrogens (tertiary/aromatic N) is 3. The van der Waals surface area contributed by atoms with Gasteiger partial charge in [-0.1, -0.05) is 41.4 Å². The lowest BCUT2D eigenvalue weighted by Crippen LogP contribution is -2.38. The predicted octanol–water partition coefficient (Wildman–Crippen LogP) is 5.74. The van der Waals surface area contributed by atoms with E-state index in [1.54, 1.807) is 27.7 Å². The minimum atomic E-state index is -0.458. The maximum Gasteiger partial charge on any atom is 0.290 e. The monoisotopic (exact) mass is 493 g/mol. The number of unbranched alkanes of at least 4 members (excludes halogenated alkanes) is 1. The summed E-state index contributed by atoms with van der Waals surface area (Å²) < 4.78 is 7.90. The highest BCUT2D eigenvalue weighted by Gasteiger charge is 2.28. The number of para-hydroxylation sites is 1. The number of halogens is 1. The molecule has 0 spiro atoms. The summed E-state index contributed by atoms with van der Waals surface area (Å²) in [5.41, 5.74) is 1.13. The molecular formula is C25H24BrN3O3. The topological polar surface area (TPSA) is 68.3 Å². The minimum Gasteiger partial charge on any atom is -0.459 e. The number of hydrogen-bond donors (Lipinski definition) is 0. The Labute approximate surface area is 194 Å². The standard InChI is InChI=1S/C25H24BrN3O3/c1-3-4-15-28(25(31)22-10-7-16-32-22)17(2)23-27-21-9-6-5-8-20(21)24(30)29(23)19-13-11-18(26)12-14-19/h5-14,16-17H,3-4,15H2,1-2H3. The van der Waals surface area contributed by atoms with Gasteiger partial charge in [-0.2, -0.15) is 0 Å². The molecule has 2 aromatic carbocycles. The molecule has 6 nitrogen and oxygen atoms in total.